The molecule has 1 atom stereocenters. The molecule has 1 N–H and O–H groups in total. The van der Waals surface area contributed by atoms with Crippen LogP contribution in [-0.2, 0) is 4.74 Å². The average Bonchev–Trinajstić information content (AvgIpc) is 3.16. The topological polar surface area (TPSA) is 63.7 Å². The molecule has 2 heterocycles. The van der Waals surface area contributed by atoms with Crippen LogP contribution in [0.5, 0.6) is 5.75 Å². The smallest absolute Gasteiger partial charge is 0.410 e. The van der Waals surface area contributed by atoms with E-state index in [4.69, 9.17) is 9.47 Å². The van der Waals surface area contributed by atoms with Crippen LogP contribution in [0.1, 0.15) is 28.8 Å². The van der Waals surface area contributed by atoms with E-state index < -0.39 is 0 Å². The summed E-state index contributed by atoms with van der Waals surface area (Å²) in [5, 5.41) is 3.35. The Balaban J connectivity index is 0.00000153. The third-order valence-electron chi connectivity index (χ3n) is 6.15. The lowest BCUT2D eigenvalue weighted by Crippen LogP contribution is -2.49. The van der Waals surface area contributed by atoms with Gasteiger partial charge in [0, 0.05) is 25.6 Å². The van der Waals surface area contributed by atoms with E-state index in [1.807, 2.05) is 24.3 Å². The fourth-order valence-corrected chi connectivity index (χ4v) is 4.57. The molecule has 5 rings (SSSR count). The summed E-state index contributed by atoms with van der Waals surface area (Å²) in [6.45, 7) is 2.27. The first-order valence-electron chi connectivity index (χ1n) is 10.6. The highest BCUT2D eigenvalue weighted by Crippen LogP contribution is 2.44. The third-order valence-corrected chi connectivity index (χ3v) is 6.15. The monoisotopic (exact) mass is 487 g/mol. The van der Waals surface area contributed by atoms with Gasteiger partial charge in [-0.25, -0.2) is 4.79 Å². The summed E-state index contributed by atoms with van der Waals surface area (Å²) in [6.07, 6.45) is 1.38. The Labute approximate surface area is 206 Å². The van der Waals surface area contributed by atoms with Gasteiger partial charge in [-0.3, -0.25) is 9.88 Å². The van der Waals surface area contributed by atoms with E-state index in [1.54, 1.807) is 18.2 Å². The first kappa shape index (κ1) is 24.8. The molecule has 1 aromatic heterocycles. The van der Waals surface area contributed by atoms with Crippen LogP contribution in [0.4, 0.5) is 4.79 Å². The molecule has 0 saturated carbocycles. The fourth-order valence-electron chi connectivity index (χ4n) is 4.57. The van der Waals surface area contributed by atoms with Gasteiger partial charge >= 0.3 is 6.09 Å². The van der Waals surface area contributed by atoms with Crippen LogP contribution in [0.25, 0.3) is 11.1 Å². The molecule has 1 aliphatic carbocycles. The first-order chi connectivity index (χ1) is 15.3. The lowest BCUT2D eigenvalue weighted by molar-refractivity contribution is 0.0743. The molecule has 174 valence electrons. The Hall–Kier alpha value is -2.80. The predicted molar refractivity (Wildman–Crippen MR) is 133 cm³/mol. The summed E-state index contributed by atoms with van der Waals surface area (Å²) in [6, 6.07) is 20.3. The van der Waals surface area contributed by atoms with Crippen LogP contribution < -0.4 is 10.1 Å². The number of carbonyl (C=O) groups is 1. The van der Waals surface area contributed by atoms with Gasteiger partial charge in [0.05, 0.1) is 25.0 Å². The van der Waals surface area contributed by atoms with Crippen LogP contribution >= 0.6 is 24.8 Å². The minimum absolute atomic E-state index is 0. The molecule has 1 saturated heterocycles. The number of methoxy groups -OCH3 is 1. The molecule has 6 nitrogen and oxygen atoms in total. The molecule has 1 fully saturated rings. The zero-order valence-electron chi connectivity index (χ0n) is 18.3. The minimum Gasteiger partial charge on any atom is -0.495 e. The van der Waals surface area contributed by atoms with Gasteiger partial charge in [0.1, 0.15) is 12.4 Å². The second-order valence-corrected chi connectivity index (χ2v) is 7.84. The van der Waals surface area contributed by atoms with Crippen LogP contribution in [0.15, 0.2) is 66.9 Å². The number of ether oxygens (including phenoxy) is 2. The zero-order chi connectivity index (χ0) is 21.2. The van der Waals surface area contributed by atoms with E-state index in [0.717, 1.165) is 12.2 Å². The molecule has 8 heteroatoms. The molecule has 0 radical (unpaired) electrons. The first-order valence-corrected chi connectivity index (χ1v) is 10.6. The summed E-state index contributed by atoms with van der Waals surface area (Å²) in [7, 11) is 1.61. The predicted octanol–water partition coefficient (Wildman–Crippen LogP) is 4.83. The fraction of sp³-hybridized carbons (Fsp3) is 0.280. The minimum atomic E-state index is -0.300. The van der Waals surface area contributed by atoms with Crippen LogP contribution in [0.3, 0.4) is 0 Å². The standard InChI is InChI=1S/C25H25N3O3.2ClH/c1-30-17-10-11-23(27-14-17)24-15-26-12-13-28(24)25(29)31-16-22-20-8-4-2-6-18(20)19-7-3-5-9-21(19)22;;/h2-11,14,22,24,26H,12-13,15-16H2,1H3;2*1H. The quantitative estimate of drug-likeness (QED) is 0.570. The number of amides is 1. The highest BCUT2D eigenvalue weighted by Gasteiger charge is 2.33. The Morgan fingerprint density at radius 2 is 1.70 bits per heavy atom. The number of aromatic nitrogens is 1. The van der Waals surface area contributed by atoms with Gasteiger partial charge in [0.2, 0.25) is 0 Å². The molecular formula is C25H27Cl2N3O3. The van der Waals surface area contributed by atoms with Gasteiger partial charge in [0.15, 0.2) is 0 Å². The highest BCUT2D eigenvalue weighted by atomic mass is 35.5. The number of piperazine rings is 1. The molecular weight excluding hydrogens is 461 g/mol. The van der Waals surface area contributed by atoms with Crippen molar-refractivity contribution in [2.45, 2.75) is 12.0 Å². The van der Waals surface area contributed by atoms with Crippen molar-refractivity contribution in [1.82, 2.24) is 15.2 Å². The van der Waals surface area contributed by atoms with Crippen molar-refractivity contribution >= 4 is 30.9 Å². The van der Waals surface area contributed by atoms with Crippen LogP contribution in [0, 0.1) is 0 Å². The number of benzene rings is 2. The van der Waals surface area contributed by atoms with Crippen molar-refractivity contribution in [3.05, 3.63) is 83.7 Å². The summed E-state index contributed by atoms with van der Waals surface area (Å²) in [5.41, 5.74) is 5.69. The second-order valence-electron chi connectivity index (χ2n) is 7.84. The van der Waals surface area contributed by atoms with E-state index in [9.17, 15) is 4.79 Å². The third kappa shape index (κ3) is 4.78. The van der Waals surface area contributed by atoms with Crippen molar-refractivity contribution in [2.24, 2.45) is 0 Å². The normalized spacial score (nSPS) is 16.6. The molecule has 1 amide bonds. The van der Waals surface area contributed by atoms with Crippen molar-refractivity contribution in [3.8, 4) is 16.9 Å². The maximum Gasteiger partial charge on any atom is 0.410 e. The molecule has 0 bridgehead atoms. The summed E-state index contributed by atoms with van der Waals surface area (Å²) in [4.78, 5) is 19.4. The average molecular weight is 488 g/mol. The number of hydrogen-bond donors (Lipinski definition) is 1. The SMILES string of the molecule is COc1ccc(C2CNCCN2C(=O)OCC2c3ccccc3-c3ccccc32)nc1.Cl.Cl. The number of nitrogens with one attached hydrogen (secondary N) is 1. The lowest BCUT2D eigenvalue weighted by Gasteiger charge is -2.35. The highest BCUT2D eigenvalue weighted by molar-refractivity contribution is 5.85. The lowest BCUT2D eigenvalue weighted by atomic mass is 9.98. The van der Waals surface area contributed by atoms with E-state index >= 15 is 0 Å². The molecule has 2 aromatic carbocycles. The van der Waals surface area contributed by atoms with Crippen molar-refractivity contribution in [1.29, 1.82) is 0 Å². The van der Waals surface area contributed by atoms with E-state index in [1.165, 1.54) is 22.3 Å². The molecule has 1 aliphatic heterocycles. The van der Waals surface area contributed by atoms with Gasteiger partial charge in [-0.1, -0.05) is 48.5 Å². The van der Waals surface area contributed by atoms with Gasteiger partial charge in [-0.05, 0) is 34.4 Å². The Morgan fingerprint density at radius 1 is 1.03 bits per heavy atom. The maximum absolute atomic E-state index is 13.1. The number of fused-ring (bicyclic) bond motifs is 3. The second kappa shape index (κ2) is 10.9. The molecule has 3 aromatic rings. The number of rotatable bonds is 4. The van der Waals surface area contributed by atoms with Gasteiger partial charge < -0.3 is 14.8 Å². The van der Waals surface area contributed by atoms with Gasteiger partial charge in [-0.15, -0.1) is 24.8 Å². The molecule has 0 spiro atoms. The molecule has 2 aliphatic rings. The summed E-state index contributed by atoms with van der Waals surface area (Å²) >= 11 is 0. The Kier molecular flexibility index (Phi) is 8.19. The molecule has 33 heavy (non-hydrogen) atoms. The molecule has 1 unspecified atom stereocenters. The van der Waals surface area contributed by atoms with Crippen LogP contribution in [-0.4, -0.2) is 49.3 Å². The van der Waals surface area contributed by atoms with E-state index in [2.05, 4.69) is 46.7 Å². The number of pyridine rings is 1. The van der Waals surface area contributed by atoms with E-state index in [0.29, 0.717) is 25.4 Å². The van der Waals surface area contributed by atoms with Gasteiger partial charge in [-0.2, -0.15) is 0 Å². The van der Waals surface area contributed by atoms with Gasteiger partial charge in [0.25, 0.3) is 0 Å². The summed E-state index contributed by atoms with van der Waals surface area (Å²) < 4.78 is 11.1. The van der Waals surface area contributed by atoms with Crippen molar-refractivity contribution in [3.63, 3.8) is 0 Å². The largest absolute Gasteiger partial charge is 0.495 e. The number of carbonyl (C=O) groups excluding carboxylic acids is 1. The zero-order valence-corrected chi connectivity index (χ0v) is 19.9. The van der Waals surface area contributed by atoms with Crippen molar-refractivity contribution < 1.29 is 14.3 Å². The number of halogens is 2. The van der Waals surface area contributed by atoms with Crippen molar-refractivity contribution in [2.75, 3.05) is 33.4 Å². The maximum atomic E-state index is 13.1. The van der Waals surface area contributed by atoms with Crippen LogP contribution in [0.2, 0.25) is 0 Å². The Bertz CT molecular complexity index is 1050. The summed E-state index contributed by atoms with van der Waals surface area (Å²) in [5.74, 6) is 0.747. The van der Waals surface area contributed by atoms with E-state index in [-0.39, 0.29) is 42.9 Å². The number of hydrogen-bond acceptors (Lipinski definition) is 5. The number of nitrogens with zero attached hydrogens (tertiary/aromatic N) is 2. The Morgan fingerprint density at radius 3 is 2.30 bits per heavy atom.